The lowest BCUT2D eigenvalue weighted by Crippen LogP contribution is -2.40. The molecular formula is C15H26N6S. The fourth-order valence-corrected chi connectivity index (χ4v) is 4.28. The van der Waals surface area contributed by atoms with Crippen molar-refractivity contribution in [2.45, 2.75) is 56.9 Å². The van der Waals surface area contributed by atoms with Gasteiger partial charge in [0.2, 0.25) is 0 Å². The number of thioether (sulfide) groups is 1. The van der Waals surface area contributed by atoms with Crippen LogP contribution >= 0.6 is 11.8 Å². The molecule has 7 heteroatoms. The third-order valence-corrected chi connectivity index (χ3v) is 5.74. The van der Waals surface area contributed by atoms with Crippen LogP contribution in [0.15, 0.2) is 4.99 Å². The van der Waals surface area contributed by atoms with Crippen LogP contribution in [0.4, 0.5) is 0 Å². The molecule has 122 valence electrons. The number of aromatic nitrogens is 3. The average Bonchev–Trinajstić information content (AvgIpc) is 3.13. The lowest BCUT2D eigenvalue weighted by molar-refractivity contribution is 0.596. The second-order valence-corrected chi connectivity index (χ2v) is 7.34. The molecule has 0 bridgehead atoms. The summed E-state index contributed by atoms with van der Waals surface area (Å²) in [5.74, 6) is 4.32. The lowest BCUT2D eigenvalue weighted by Gasteiger charge is -2.15. The Morgan fingerprint density at radius 2 is 2.23 bits per heavy atom. The summed E-state index contributed by atoms with van der Waals surface area (Å²) in [5, 5.41) is 16.2. The van der Waals surface area contributed by atoms with Gasteiger partial charge in [0.1, 0.15) is 5.82 Å². The Bertz CT molecular complexity index is 506. The third-order valence-electron chi connectivity index (χ3n) is 4.34. The lowest BCUT2D eigenvalue weighted by atomic mass is 10.2. The molecule has 1 atom stereocenters. The highest BCUT2D eigenvalue weighted by atomic mass is 32.2. The van der Waals surface area contributed by atoms with Gasteiger partial charge in [-0.25, -0.2) is 0 Å². The Kier molecular flexibility index (Phi) is 5.58. The smallest absolute Gasteiger partial charge is 0.191 e. The molecule has 2 aliphatic rings. The van der Waals surface area contributed by atoms with Crippen molar-refractivity contribution in [1.82, 2.24) is 25.4 Å². The van der Waals surface area contributed by atoms with Crippen molar-refractivity contribution in [3.63, 3.8) is 0 Å². The summed E-state index contributed by atoms with van der Waals surface area (Å²) in [6.45, 7) is 2.72. The van der Waals surface area contributed by atoms with Gasteiger partial charge in [0, 0.05) is 31.8 Å². The maximum atomic E-state index is 4.35. The van der Waals surface area contributed by atoms with E-state index in [4.69, 9.17) is 0 Å². The second kappa shape index (κ2) is 7.85. The highest BCUT2D eigenvalue weighted by Gasteiger charge is 2.17. The maximum Gasteiger partial charge on any atom is 0.191 e. The van der Waals surface area contributed by atoms with Crippen LogP contribution < -0.4 is 10.6 Å². The van der Waals surface area contributed by atoms with Gasteiger partial charge in [-0.1, -0.05) is 6.42 Å². The van der Waals surface area contributed by atoms with Crippen molar-refractivity contribution < 1.29 is 0 Å². The van der Waals surface area contributed by atoms with Gasteiger partial charge in [0.25, 0.3) is 0 Å². The minimum Gasteiger partial charge on any atom is -0.355 e. The summed E-state index contributed by atoms with van der Waals surface area (Å²) >= 11 is 2.06. The van der Waals surface area contributed by atoms with Crippen molar-refractivity contribution in [3.8, 4) is 0 Å². The molecule has 1 aromatic heterocycles. The second-order valence-electron chi connectivity index (χ2n) is 5.94. The number of hydrogen-bond donors (Lipinski definition) is 2. The van der Waals surface area contributed by atoms with Crippen LogP contribution in [0.1, 0.15) is 43.8 Å². The molecule has 22 heavy (non-hydrogen) atoms. The van der Waals surface area contributed by atoms with Crippen LogP contribution in [0, 0.1) is 0 Å². The van der Waals surface area contributed by atoms with E-state index in [1.807, 2.05) is 7.05 Å². The number of fused-ring (bicyclic) bond motifs is 1. The van der Waals surface area contributed by atoms with Crippen molar-refractivity contribution >= 4 is 17.7 Å². The van der Waals surface area contributed by atoms with Gasteiger partial charge < -0.3 is 15.2 Å². The Morgan fingerprint density at radius 1 is 1.27 bits per heavy atom. The fourth-order valence-electron chi connectivity index (χ4n) is 3.08. The number of aryl methyl sites for hydroxylation is 1. The SMILES string of the molecule is CN=C(NCc1nnc2n1CCCCC2)NCC1CCCS1. The van der Waals surface area contributed by atoms with Crippen LogP contribution in [0.25, 0.3) is 0 Å². The predicted molar refractivity (Wildman–Crippen MR) is 91.3 cm³/mol. The van der Waals surface area contributed by atoms with Crippen LogP contribution in [0.3, 0.4) is 0 Å². The molecule has 0 saturated carbocycles. The van der Waals surface area contributed by atoms with Gasteiger partial charge in [-0.15, -0.1) is 10.2 Å². The zero-order chi connectivity index (χ0) is 15.2. The molecule has 0 radical (unpaired) electrons. The first-order valence-electron chi connectivity index (χ1n) is 8.34. The van der Waals surface area contributed by atoms with Gasteiger partial charge in [-0.2, -0.15) is 11.8 Å². The van der Waals surface area contributed by atoms with E-state index in [0.29, 0.717) is 6.54 Å². The standard InChI is InChI=1S/C15H26N6S/c1-16-15(17-10-12-6-5-9-22-12)18-11-14-20-19-13-7-3-2-4-8-21(13)14/h12H,2-11H2,1H3,(H2,16,17,18). The summed E-state index contributed by atoms with van der Waals surface area (Å²) in [7, 11) is 1.82. The summed E-state index contributed by atoms with van der Waals surface area (Å²) in [4.78, 5) is 4.31. The molecule has 1 saturated heterocycles. The zero-order valence-corrected chi connectivity index (χ0v) is 14.2. The third kappa shape index (κ3) is 3.94. The predicted octanol–water partition coefficient (Wildman–Crippen LogP) is 1.57. The molecule has 1 aromatic rings. The number of nitrogens with zero attached hydrogens (tertiary/aromatic N) is 4. The summed E-state index contributed by atoms with van der Waals surface area (Å²) in [6.07, 6.45) is 7.45. The molecule has 0 spiro atoms. The Labute approximate surface area is 136 Å². The van der Waals surface area contributed by atoms with E-state index in [2.05, 4.69) is 42.2 Å². The molecular weight excluding hydrogens is 296 g/mol. The van der Waals surface area contributed by atoms with Crippen molar-refractivity contribution in [2.75, 3.05) is 19.3 Å². The first-order valence-corrected chi connectivity index (χ1v) is 9.39. The highest BCUT2D eigenvalue weighted by molar-refractivity contribution is 8.00. The minimum atomic E-state index is 0.685. The summed E-state index contributed by atoms with van der Waals surface area (Å²) < 4.78 is 2.28. The molecule has 1 fully saturated rings. The molecule has 1 unspecified atom stereocenters. The number of rotatable bonds is 4. The molecule has 6 nitrogen and oxygen atoms in total. The minimum absolute atomic E-state index is 0.685. The van der Waals surface area contributed by atoms with Crippen molar-refractivity contribution in [2.24, 2.45) is 4.99 Å². The van der Waals surface area contributed by atoms with Gasteiger partial charge in [-0.05, 0) is 31.4 Å². The molecule has 0 aromatic carbocycles. The molecule has 0 aliphatic carbocycles. The van der Waals surface area contributed by atoms with Gasteiger partial charge in [-0.3, -0.25) is 4.99 Å². The highest BCUT2D eigenvalue weighted by Crippen LogP contribution is 2.25. The van der Waals surface area contributed by atoms with Gasteiger partial charge in [0.15, 0.2) is 11.8 Å². The number of aliphatic imine (C=N–C) groups is 1. The van der Waals surface area contributed by atoms with Gasteiger partial charge in [0.05, 0.1) is 6.54 Å². The summed E-state index contributed by atoms with van der Waals surface area (Å²) in [6, 6.07) is 0. The van der Waals surface area contributed by atoms with Gasteiger partial charge >= 0.3 is 0 Å². The Balaban J connectivity index is 1.51. The Morgan fingerprint density at radius 3 is 3.05 bits per heavy atom. The molecule has 3 rings (SSSR count). The van der Waals surface area contributed by atoms with Crippen LogP contribution in [0.2, 0.25) is 0 Å². The first kappa shape index (κ1) is 15.6. The molecule has 0 amide bonds. The van der Waals surface area contributed by atoms with Crippen molar-refractivity contribution in [3.05, 3.63) is 11.6 Å². The Hall–Kier alpha value is -1.24. The average molecular weight is 322 g/mol. The van der Waals surface area contributed by atoms with E-state index in [9.17, 15) is 0 Å². The molecule has 3 heterocycles. The fraction of sp³-hybridized carbons (Fsp3) is 0.800. The normalized spacial score (nSPS) is 22.2. The first-order chi connectivity index (χ1) is 10.9. The van der Waals surface area contributed by atoms with Crippen LogP contribution in [-0.2, 0) is 19.5 Å². The van der Waals surface area contributed by atoms with E-state index in [0.717, 1.165) is 42.4 Å². The van der Waals surface area contributed by atoms with E-state index in [-0.39, 0.29) is 0 Å². The number of hydrogen-bond acceptors (Lipinski definition) is 4. The zero-order valence-electron chi connectivity index (χ0n) is 13.3. The summed E-state index contributed by atoms with van der Waals surface area (Å²) in [5.41, 5.74) is 0. The van der Waals surface area contributed by atoms with E-state index in [1.54, 1.807) is 0 Å². The number of nitrogens with one attached hydrogen (secondary N) is 2. The molecule has 2 aliphatic heterocycles. The van der Waals surface area contributed by atoms with Crippen LogP contribution in [0.5, 0.6) is 0 Å². The number of guanidine groups is 1. The monoisotopic (exact) mass is 322 g/mol. The largest absolute Gasteiger partial charge is 0.355 e. The van der Waals surface area contributed by atoms with E-state index >= 15 is 0 Å². The quantitative estimate of drug-likeness (QED) is 0.650. The topological polar surface area (TPSA) is 67.1 Å². The van der Waals surface area contributed by atoms with Crippen molar-refractivity contribution in [1.29, 1.82) is 0 Å². The van der Waals surface area contributed by atoms with E-state index in [1.165, 1.54) is 37.9 Å². The van der Waals surface area contributed by atoms with Crippen LogP contribution in [-0.4, -0.2) is 45.3 Å². The maximum absolute atomic E-state index is 4.35. The van der Waals surface area contributed by atoms with E-state index < -0.39 is 0 Å². The molecule has 2 N–H and O–H groups in total.